The van der Waals surface area contributed by atoms with E-state index in [1.54, 1.807) is 23.1 Å². The number of amides is 1. The summed E-state index contributed by atoms with van der Waals surface area (Å²) in [6.45, 7) is 2.07. The highest BCUT2D eigenvalue weighted by molar-refractivity contribution is 8.01. The van der Waals surface area contributed by atoms with Crippen LogP contribution in [0.2, 0.25) is 10.0 Å². The quantitative estimate of drug-likeness (QED) is 0.293. The fourth-order valence-electron chi connectivity index (χ4n) is 4.88. The van der Waals surface area contributed by atoms with E-state index in [0.29, 0.717) is 55.6 Å². The maximum absolute atomic E-state index is 13.3. The van der Waals surface area contributed by atoms with Crippen LogP contribution in [0.15, 0.2) is 69.5 Å². The lowest BCUT2D eigenvalue weighted by Crippen LogP contribution is -2.38. The number of nitrogens with two attached hydrogens (primary N) is 1. The third-order valence-corrected chi connectivity index (χ3v) is 9.46. The van der Waals surface area contributed by atoms with E-state index in [-0.39, 0.29) is 28.8 Å². The van der Waals surface area contributed by atoms with E-state index in [0.717, 1.165) is 12.1 Å². The summed E-state index contributed by atoms with van der Waals surface area (Å²) in [4.78, 5) is 27.5. The largest absolute Gasteiger partial charge is 0.384 e. The highest BCUT2D eigenvalue weighted by atomic mass is 35.5. The molecule has 2 heterocycles. The predicted molar refractivity (Wildman–Crippen MR) is 159 cm³/mol. The van der Waals surface area contributed by atoms with Crippen molar-refractivity contribution >= 4 is 68.8 Å². The molecule has 1 amide bonds. The minimum Gasteiger partial charge on any atom is -0.384 e. The molecule has 2 aromatic carbocycles. The van der Waals surface area contributed by atoms with E-state index in [9.17, 15) is 14.9 Å². The number of Topliss-reactive ketones (excluding diaryl/α,β-unsaturated/α-hetero) is 1. The summed E-state index contributed by atoms with van der Waals surface area (Å²) in [5.74, 6) is -0.744. The van der Waals surface area contributed by atoms with Crippen molar-refractivity contribution in [3.63, 3.8) is 0 Å². The van der Waals surface area contributed by atoms with E-state index in [1.807, 2.05) is 24.3 Å². The molecule has 12 heteroatoms. The molecule has 0 saturated heterocycles. The number of nitriles is 1. The van der Waals surface area contributed by atoms with E-state index in [1.165, 1.54) is 28.7 Å². The van der Waals surface area contributed by atoms with Crippen molar-refractivity contribution in [2.75, 3.05) is 16.0 Å². The van der Waals surface area contributed by atoms with Crippen LogP contribution in [0.25, 0.3) is 0 Å². The van der Waals surface area contributed by atoms with Gasteiger partial charge < -0.3 is 11.1 Å². The van der Waals surface area contributed by atoms with Crippen LogP contribution in [0.4, 0.5) is 10.8 Å². The number of rotatable bonds is 7. The van der Waals surface area contributed by atoms with Crippen molar-refractivity contribution in [3.05, 3.63) is 86.3 Å². The number of aromatic nitrogens is 2. The Morgan fingerprint density at radius 3 is 2.60 bits per heavy atom. The molecule has 3 aromatic rings. The number of carbonyl (C=O) groups excluding carboxylic acids is 2. The average molecular weight is 612 g/mol. The molecule has 1 unspecified atom stereocenters. The van der Waals surface area contributed by atoms with Gasteiger partial charge in [0.05, 0.1) is 23.3 Å². The van der Waals surface area contributed by atoms with E-state index in [4.69, 9.17) is 28.9 Å². The standard InChI is InChI=1S/C28H24Cl2N6O2S2/c1-2-15-9-11-16(12-10-15)33-22(38)14-39-28-35-34-27(40-28)36-20-7-4-8-21(37)25(20)23(17(13-31)26(36)32)24-18(29)5-3-6-19(24)30/h3,5-6,9-12,23H,2,4,7-8,14,32H2,1H3,(H,33,38). The molecule has 1 aliphatic heterocycles. The molecule has 1 atom stereocenters. The van der Waals surface area contributed by atoms with Gasteiger partial charge >= 0.3 is 0 Å². The molecule has 0 spiro atoms. The zero-order valence-corrected chi connectivity index (χ0v) is 24.6. The highest BCUT2D eigenvalue weighted by Crippen LogP contribution is 2.49. The number of hydrogen-bond donors (Lipinski definition) is 2. The Labute approximate surface area is 249 Å². The zero-order valence-electron chi connectivity index (χ0n) is 21.4. The molecule has 2 aliphatic rings. The second-order valence-corrected chi connectivity index (χ2v) is 12.2. The van der Waals surface area contributed by atoms with Gasteiger partial charge in [0, 0.05) is 39.0 Å². The van der Waals surface area contributed by atoms with Gasteiger partial charge in [-0.2, -0.15) is 5.26 Å². The van der Waals surface area contributed by atoms with Crippen molar-refractivity contribution in [2.45, 2.75) is 42.9 Å². The number of benzene rings is 2. The number of anilines is 2. The zero-order chi connectivity index (χ0) is 28.4. The summed E-state index contributed by atoms with van der Waals surface area (Å²) in [6.07, 6.45) is 2.46. The van der Waals surface area contributed by atoms with Gasteiger partial charge in [0.15, 0.2) is 10.1 Å². The summed E-state index contributed by atoms with van der Waals surface area (Å²) >= 11 is 15.5. The van der Waals surface area contributed by atoms with Crippen molar-refractivity contribution in [2.24, 2.45) is 5.73 Å². The second kappa shape index (κ2) is 12.0. The van der Waals surface area contributed by atoms with Gasteiger partial charge in [0.25, 0.3) is 0 Å². The number of thioether (sulfide) groups is 1. The summed E-state index contributed by atoms with van der Waals surface area (Å²) in [7, 11) is 0. The van der Waals surface area contributed by atoms with Crippen LogP contribution in [-0.2, 0) is 16.0 Å². The lowest BCUT2D eigenvalue weighted by Gasteiger charge is -2.38. The van der Waals surface area contributed by atoms with Crippen LogP contribution in [0.5, 0.6) is 0 Å². The Bertz CT molecular complexity index is 1570. The minimum absolute atomic E-state index is 0.0877. The molecular weight excluding hydrogens is 587 g/mol. The van der Waals surface area contributed by atoms with Crippen LogP contribution in [0.1, 0.15) is 43.2 Å². The maximum Gasteiger partial charge on any atom is 0.234 e. The lowest BCUT2D eigenvalue weighted by atomic mass is 9.75. The first-order valence-electron chi connectivity index (χ1n) is 12.6. The summed E-state index contributed by atoms with van der Waals surface area (Å²) in [6, 6.07) is 15.0. The number of carbonyl (C=O) groups is 2. The monoisotopic (exact) mass is 610 g/mol. The first kappa shape index (κ1) is 28.2. The number of allylic oxidation sites excluding steroid dienone is 3. The normalized spacial score (nSPS) is 17.1. The summed E-state index contributed by atoms with van der Waals surface area (Å²) < 4.78 is 0.554. The van der Waals surface area contributed by atoms with Gasteiger partial charge in [-0.25, -0.2) is 0 Å². The Morgan fingerprint density at radius 1 is 1.20 bits per heavy atom. The SMILES string of the molecule is CCc1ccc(NC(=O)CSc2nnc(N3C(N)=C(C#N)C(c4c(Cl)cccc4Cl)C4=C3CCCC4=O)s2)cc1. The molecular formula is C28H24Cl2N6O2S2. The van der Waals surface area contributed by atoms with Gasteiger partial charge in [0.2, 0.25) is 11.0 Å². The maximum atomic E-state index is 13.3. The van der Waals surface area contributed by atoms with Crippen LogP contribution in [-0.4, -0.2) is 27.6 Å². The first-order chi connectivity index (χ1) is 19.3. The third-order valence-electron chi connectivity index (χ3n) is 6.76. The Kier molecular flexibility index (Phi) is 8.47. The smallest absolute Gasteiger partial charge is 0.234 e. The van der Waals surface area contributed by atoms with Crippen LogP contribution in [0.3, 0.4) is 0 Å². The highest BCUT2D eigenvalue weighted by Gasteiger charge is 2.42. The molecule has 3 N–H and O–H groups in total. The van der Waals surface area contributed by atoms with Gasteiger partial charge in [-0.3, -0.25) is 14.5 Å². The molecule has 1 aromatic heterocycles. The van der Waals surface area contributed by atoms with Gasteiger partial charge in [0.1, 0.15) is 5.82 Å². The number of halogens is 2. The fourth-order valence-corrected chi connectivity index (χ4v) is 7.18. The molecule has 204 valence electrons. The van der Waals surface area contributed by atoms with Crippen molar-refractivity contribution in [1.29, 1.82) is 5.26 Å². The Hall–Kier alpha value is -3.36. The number of ketones is 1. The van der Waals surface area contributed by atoms with Crippen LogP contribution < -0.4 is 16.0 Å². The fraction of sp³-hybridized carbons (Fsp3) is 0.250. The molecule has 0 radical (unpaired) electrons. The summed E-state index contributed by atoms with van der Waals surface area (Å²) in [5, 5.41) is 22.7. The molecule has 0 bridgehead atoms. The van der Waals surface area contributed by atoms with Crippen molar-refractivity contribution in [1.82, 2.24) is 10.2 Å². The molecule has 40 heavy (non-hydrogen) atoms. The molecule has 5 rings (SSSR count). The lowest BCUT2D eigenvalue weighted by molar-refractivity contribution is -0.116. The van der Waals surface area contributed by atoms with E-state index < -0.39 is 5.92 Å². The first-order valence-corrected chi connectivity index (χ1v) is 15.1. The third kappa shape index (κ3) is 5.47. The minimum atomic E-state index is -0.776. The average Bonchev–Trinajstić information content (AvgIpc) is 3.41. The molecule has 0 saturated carbocycles. The Balaban J connectivity index is 1.42. The number of nitrogens with zero attached hydrogens (tertiary/aromatic N) is 4. The summed E-state index contributed by atoms with van der Waals surface area (Å²) in [5.41, 5.74) is 10.3. The van der Waals surface area contributed by atoms with Crippen LogP contribution in [0, 0.1) is 11.3 Å². The van der Waals surface area contributed by atoms with Crippen LogP contribution >= 0.6 is 46.3 Å². The van der Waals surface area contributed by atoms with Crippen molar-refractivity contribution in [3.8, 4) is 6.07 Å². The predicted octanol–water partition coefficient (Wildman–Crippen LogP) is 6.44. The molecule has 8 nitrogen and oxygen atoms in total. The van der Waals surface area contributed by atoms with Crippen molar-refractivity contribution < 1.29 is 9.59 Å². The second-order valence-electron chi connectivity index (χ2n) is 9.19. The molecule has 1 aliphatic carbocycles. The van der Waals surface area contributed by atoms with E-state index in [2.05, 4.69) is 28.5 Å². The Morgan fingerprint density at radius 2 is 1.93 bits per heavy atom. The van der Waals surface area contributed by atoms with Gasteiger partial charge in [-0.15, -0.1) is 10.2 Å². The number of hydrogen-bond acceptors (Lipinski definition) is 9. The number of nitrogens with one attached hydrogen (secondary N) is 1. The topological polar surface area (TPSA) is 125 Å². The molecule has 0 fully saturated rings. The van der Waals surface area contributed by atoms with E-state index >= 15 is 0 Å². The number of aryl methyl sites for hydroxylation is 1. The van der Waals surface area contributed by atoms with Gasteiger partial charge in [-0.05, 0) is 49.1 Å². The van der Waals surface area contributed by atoms with Gasteiger partial charge in [-0.1, -0.05) is 71.4 Å².